The number of carbonyl (C=O) groups excluding carboxylic acids is 1. The third-order valence-corrected chi connectivity index (χ3v) is 3.22. The molecule has 4 nitrogen and oxygen atoms in total. The minimum Gasteiger partial charge on any atom is -0.490 e. The van der Waals surface area contributed by atoms with Crippen LogP contribution in [0.3, 0.4) is 0 Å². The highest BCUT2D eigenvalue weighted by Gasteiger charge is 2.02. The Morgan fingerprint density at radius 3 is 2.52 bits per heavy atom. The summed E-state index contributed by atoms with van der Waals surface area (Å²) in [7, 11) is 0. The zero-order chi connectivity index (χ0) is 16.3. The molecule has 0 saturated carbocycles. The van der Waals surface area contributed by atoms with E-state index in [4.69, 9.17) is 4.74 Å². The van der Waals surface area contributed by atoms with Crippen molar-refractivity contribution >= 4 is 11.6 Å². The third-order valence-electron chi connectivity index (χ3n) is 3.22. The van der Waals surface area contributed by atoms with Crippen molar-refractivity contribution in [2.75, 3.05) is 25.0 Å². The van der Waals surface area contributed by atoms with Gasteiger partial charge >= 0.3 is 0 Å². The second kappa shape index (κ2) is 9.43. The van der Waals surface area contributed by atoms with Crippen molar-refractivity contribution < 1.29 is 9.53 Å². The summed E-state index contributed by atoms with van der Waals surface area (Å²) in [6.45, 7) is 5.13. The summed E-state index contributed by atoms with van der Waals surface area (Å²) in [5, 5.41) is 5.99. The van der Waals surface area contributed by atoms with Gasteiger partial charge in [-0.05, 0) is 42.8 Å². The lowest BCUT2D eigenvalue weighted by molar-refractivity contribution is -0.115. The molecule has 0 aliphatic heterocycles. The number of ether oxygens (including phenoxy) is 1. The van der Waals surface area contributed by atoms with Crippen LogP contribution in [0.4, 0.5) is 5.69 Å². The average molecular weight is 310 g/mol. The first-order valence-corrected chi connectivity index (χ1v) is 7.66. The number of anilines is 1. The normalized spacial score (nSPS) is 10.1. The fourth-order valence-corrected chi connectivity index (χ4v) is 2.07. The molecule has 0 saturated heterocycles. The quantitative estimate of drug-likeness (QED) is 0.553. The number of hydrogen-bond donors (Lipinski definition) is 2. The van der Waals surface area contributed by atoms with Crippen LogP contribution < -0.4 is 15.4 Å². The number of carbonyl (C=O) groups is 1. The van der Waals surface area contributed by atoms with Crippen LogP contribution in [0, 0.1) is 0 Å². The van der Waals surface area contributed by atoms with Crippen molar-refractivity contribution in [3.8, 4) is 5.75 Å². The third kappa shape index (κ3) is 6.36. The van der Waals surface area contributed by atoms with E-state index in [9.17, 15) is 4.79 Å². The summed E-state index contributed by atoms with van der Waals surface area (Å²) in [6, 6.07) is 17.5. The molecule has 2 rings (SSSR count). The molecule has 0 atom stereocenters. The highest BCUT2D eigenvalue weighted by Crippen LogP contribution is 2.15. The number of benzene rings is 2. The fraction of sp³-hybridized carbons (Fsp3) is 0.211. The van der Waals surface area contributed by atoms with E-state index in [2.05, 4.69) is 29.3 Å². The largest absolute Gasteiger partial charge is 0.490 e. The Labute approximate surface area is 137 Å². The lowest BCUT2D eigenvalue weighted by atomic mass is 10.1. The van der Waals surface area contributed by atoms with Gasteiger partial charge in [0.2, 0.25) is 5.91 Å². The van der Waals surface area contributed by atoms with Gasteiger partial charge in [-0.15, -0.1) is 0 Å². The maximum atomic E-state index is 11.9. The molecule has 1 amide bonds. The van der Waals surface area contributed by atoms with Crippen molar-refractivity contribution in [2.45, 2.75) is 6.42 Å². The molecule has 2 aromatic rings. The van der Waals surface area contributed by atoms with Crippen molar-refractivity contribution in [1.29, 1.82) is 0 Å². The standard InChI is InChI=1S/C19H22N2O2/c1-2-14-23-18-10-8-17(9-11-18)21-19(22)15-20-13-12-16-6-4-3-5-7-16/h2-11,20H,1,12-15H2,(H,21,22). The van der Waals surface area contributed by atoms with Crippen LogP contribution in [0.25, 0.3) is 0 Å². The first kappa shape index (κ1) is 16.8. The first-order chi connectivity index (χ1) is 11.3. The van der Waals surface area contributed by atoms with Crippen molar-refractivity contribution in [3.63, 3.8) is 0 Å². The number of rotatable bonds is 9. The molecule has 0 heterocycles. The number of amides is 1. The molecular formula is C19H22N2O2. The summed E-state index contributed by atoms with van der Waals surface area (Å²) in [5.74, 6) is 0.696. The van der Waals surface area contributed by atoms with Gasteiger partial charge in [-0.2, -0.15) is 0 Å². The topological polar surface area (TPSA) is 50.4 Å². The van der Waals surface area contributed by atoms with Crippen molar-refractivity contribution in [2.24, 2.45) is 0 Å². The van der Waals surface area contributed by atoms with Gasteiger partial charge in [-0.3, -0.25) is 4.79 Å². The van der Waals surface area contributed by atoms with Crippen molar-refractivity contribution in [3.05, 3.63) is 72.8 Å². The van der Waals surface area contributed by atoms with E-state index < -0.39 is 0 Å². The Kier molecular flexibility index (Phi) is 6.88. The molecule has 0 bridgehead atoms. The first-order valence-electron chi connectivity index (χ1n) is 7.66. The maximum Gasteiger partial charge on any atom is 0.238 e. The van der Waals surface area contributed by atoms with Crippen LogP contribution in [-0.4, -0.2) is 25.6 Å². The Bertz CT molecular complexity index is 609. The van der Waals surface area contributed by atoms with E-state index in [0.717, 1.165) is 24.4 Å². The predicted octanol–water partition coefficient (Wildman–Crippen LogP) is 3.02. The van der Waals surface area contributed by atoms with E-state index in [1.807, 2.05) is 42.5 Å². The molecule has 0 unspecified atom stereocenters. The molecule has 23 heavy (non-hydrogen) atoms. The molecule has 0 fully saturated rings. The summed E-state index contributed by atoms with van der Waals surface area (Å²) in [6.07, 6.45) is 2.60. The molecule has 0 spiro atoms. The Balaban J connectivity index is 1.67. The SMILES string of the molecule is C=CCOc1ccc(NC(=O)CNCCc2ccccc2)cc1. The van der Waals surface area contributed by atoms with Gasteiger partial charge in [0, 0.05) is 5.69 Å². The van der Waals surface area contributed by atoms with Gasteiger partial charge < -0.3 is 15.4 Å². The summed E-state index contributed by atoms with van der Waals surface area (Å²) < 4.78 is 5.39. The van der Waals surface area contributed by atoms with E-state index in [-0.39, 0.29) is 5.91 Å². The van der Waals surface area contributed by atoms with Crippen LogP contribution in [0.5, 0.6) is 5.75 Å². The van der Waals surface area contributed by atoms with Crippen LogP contribution in [0.15, 0.2) is 67.3 Å². The fourth-order valence-electron chi connectivity index (χ4n) is 2.07. The molecule has 4 heteroatoms. The van der Waals surface area contributed by atoms with Gasteiger partial charge in [-0.1, -0.05) is 43.0 Å². The maximum absolute atomic E-state index is 11.9. The van der Waals surface area contributed by atoms with Gasteiger partial charge in [0.25, 0.3) is 0 Å². The molecule has 2 aromatic carbocycles. The average Bonchev–Trinajstić information content (AvgIpc) is 2.59. The second-order valence-electron chi connectivity index (χ2n) is 5.08. The van der Waals surface area contributed by atoms with Gasteiger partial charge in [0.15, 0.2) is 0 Å². The Hall–Kier alpha value is -2.59. The van der Waals surface area contributed by atoms with E-state index in [1.165, 1.54) is 5.56 Å². The zero-order valence-corrected chi connectivity index (χ0v) is 13.1. The molecule has 120 valence electrons. The van der Waals surface area contributed by atoms with Crippen LogP contribution in [-0.2, 0) is 11.2 Å². The van der Waals surface area contributed by atoms with Gasteiger partial charge in [0.1, 0.15) is 12.4 Å². The molecule has 0 aliphatic rings. The smallest absolute Gasteiger partial charge is 0.238 e. The number of hydrogen-bond acceptors (Lipinski definition) is 3. The van der Waals surface area contributed by atoms with Crippen LogP contribution in [0.1, 0.15) is 5.56 Å². The predicted molar refractivity (Wildman–Crippen MR) is 93.8 cm³/mol. The molecule has 2 N–H and O–H groups in total. The number of nitrogens with one attached hydrogen (secondary N) is 2. The van der Waals surface area contributed by atoms with Gasteiger partial charge in [-0.25, -0.2) is 0 Å². The Morgan fingerprint density at radius 2 is 1.83 bits per heavy atom. The summed E-state index contributed by atoms with van der Waals surface area (Å²) in [5.41, 5.74) is 2.02. The van der Waals surface area contributed by atoms with E-state index in [0.29, 0.717) is 13.2 Å². The van der Waals surface area contributed by atoms with E-state index in [1.54, 1.807) is 6.08 Å². The van der Waals surface area contributed by atoms with Gasteiger partial charge in [0.05, 0.1) is 6.54 Å². The Morgan fingerprint density at radius 1 is 1.09 bits per heavy atom. The highest BCUT2D eigenvalue weighted by molar-refractivity contribution is 5.92. The highest BCUT2D eigenvalue weighted by atomic mass is 16.5. The summed E-state index contributed by atoms with van der Waals surface area (Å²) in [4.78, 5) is 11.9. The monoisotopic (exact) mass is 310 g/mol. The second-order valence-corrected chi connectivity index (χ2v) is 5.08. The van der Waals surface area contributed by atoms with Crippen LogP contribution in [0.2, 0.25) is 0 Å². The minimum atomic E-state index is -0.0576. The van der Waals surface area contributed by atoms with E-state index >= 15 is 0 Å². The summed E-state index contributed by atoms with van der Waals surface area (Å²) >= 11 is 0. The lowest BCUT2D eigenvalue weighted by Gasteiger charge is -2.08. The lowest BCUT2D eigenvalue weighted by Crippen LogP contribution is -2.29. The molecule has 0 radical (unpaired) electrons. The zero-order valence-electron chi connectivity index (χ0n) is 13.1. The molecular weight excluding hydrogens is 288 g/mol. The molecule has 0 aliphatic carbocycles. The minimum absolute atomic E-state index is 0.0576. The van der Waals surface area contributed by atoms with Crippen LogP contribution >= 0.6 is 0 Å². The van der Waals surface area contributed by atoms with Crippen molar-refractivity contribution in [1.82, 2.24) is 5.32 Å². The molecule has 0 aromatic heterocycles.